The average Bonchev–Trinajstić information content (AvgIpc) is 2.72. The molecule has 1 fully saturated rings. The van der Waals surface area contributed by atoms with E-state index in [0.29, 0.717) is 27.0 Å². The summed E-state index contributed by atoms with van der Waals surface area (Å²) >= 11 is 12.3. The molecule has 9 nitrogen and oxygen atoms in total. The van der Waals surface area contributed by atoms with E-state index in [1.165, 1.54) is 18.2 Å². The largest absolute Gasteiger partial charge is 0.481 e. The lowest BCUT2D eigenvalue weighted by molar-refractivity contribution is -0.277. The van der Waals surface area contributed by atoms with E-state index in [-0.39, 0.29) is 12.2 Å². The molecule has 1 heterocycles. The molecule has 0 amide bonds. The summed E-state index contributed by atoms with van der Waals surface area (Å²) in [5.41, 5.74) is 1.14. The number of para-hydroxylation sites is 1. The number of hydrogen-bond donors (Lipinski definition) is 6. The Labute approximate surface area is 187 Å². The highest BCUT2D eigenvalue weighted by atomic mass is 35.5. The molecule has 0 radical (unpaired) electrons. The Bertz CT molecular complexity index is 921. The lowest BCUT2D eigenvalue weighted by Gasteiger charge is -2.39. The quantitative estimate of drug-likeness (QED) is 0.352. The molecule has 2 aromatic carbocycles. The van der Waals surface area contributed by atoms with Crippen LogP contribution >= 0.6 is 23.2 Å². The standard InChI is InChI=1S/C20H21Cl2NO8/c21-11-2-1-3-12(22)16(11)23-13-5-4-10(6-9(13)7-15(25)26)30-20-19(29)18(28)17(27)14(8-24)31-20/h1-6,14,17-20,23-24,27-29H,7-8H2,(H,25,26)/t14-,17-,18+,19-,20?/m1/s1. The Hall–Kier alpha value is -2.11. The number of nitrogens with one attached hydrogen (secondary N) is 1. The SMILES string of the molecule is O=C(O)Cc1cc(OC2O[C@H](CO)[C@@H](O)[C@H](O)[C@H]2O)ccc1Nc1c(Cl)cccc1Cl. The van der Waals surface area contributed by atoms with E-state index in [1.807, 2.05) is 0 Å². The van der Waals surface area contributed by atoms with Crippen molar-refractivity contribution in [3.63, 3.8) is 0 Å². The van der Waals surface area contributed by atoms with Crippen molar-refractivity contribution >= 4 is 40.5 Å². The van der Waals surface area contributed by atoms with Crippen molar-refractivity contribution in [1.82, 2.24) is 0 Å². The molecule has 0 aliphatic carbocycles. The van der Waals surface area contributed by atoms with Crippen molar-refractivity contribution in [2.75, 3.05) is 11.9 Å². The number of hydrogen-bond acceptors (Lipinski definition) is 8. The first-order valence-corrected chi connectivity index (χ1v) is 9.99. The number of carboxylic acid groups (broad SMARTS) is 1. The Kier molecular flexibility index (Phi) is 7.60. The van der Waals surface area contributed by atoms with Gasteiger partial charge in [0, 0.05) is 5.69 Å². The molecule has 0 saturated carbocycles. The van der Waals surface area contributed by atoms with Crippen LogP contribution in [-0.4, -0.2) is 68.8 Å². The molecule has 1 aliphatic heterocycles. The van der Waals surface area contributed by atoms with E-state index in [4.69, 9.17) is 32.7 Å². The topological polar surface area (TPSA) is 149 Å². The minimum absolute atomic E-state index is 0.136. The summed E-state index contributed by atoms with van der Waals surface area (Å²) in [6.07, 6.45) is -7.61. The van der Waals surface area contributed by atoms with Gasteiger partial charge in [-0.15, -0.1) is 0 Å². The van der Waals surface area contributed by atoms with Gasteiger partial charge in [0.15, 0.2) is 0 Å². The van der Waals surface area contributed by atoms with Crippen LogP contribution in [-0.2, 0) is 16.0 Å². The number of halogens is 2. The maximum Gasteiger partial charge on any atom is 0.307 e. The summed E-state index contributed by atoms with van der Waals surface area (Å²) in [7, 11) is 0. The Balaban J connectivity index is 1.86. The van der Waals surface area contributed by atoms with Gasteiger partial charge in [0.1, 0.15) is 30.2 Å². The first kappa shape index (κ1) is 23.6. The minimum atomic E-state index is -1.60. The van der Waals surface area contributed by atoms with E-state index >= 15 is 0 Å². The van der Waals surface area contributed by atoms with Crippen LogP contribution in [0.3, 0.4) is 0 Å². The molecule has 0 aromatic heterocycles. The van der Waals surface area contributed by atoms with Gasteiger partial charge in [0.25, 0.3) is 0 Å². The molecule has 31 heavy (non-hydrogen) atoms. The summed E-state index contributed by atoms with van der Waals surface area (Å²) in [6.45, 7) is -0.601. The highest BCUT2D eigenvalue weighted by molar-refractivity contribution is 6.39. The molecule has 0 spiro atoms. The first-order chi connectivity index (χ1) is 14.7. The van der Waals surface area contributed by atoms with E-state index in [2.05, 4.69) is 5.32 Å². The van der Waals surface area contributed by atoms with Gasteiger partial charge in [-0.05, 0) is 35.9 Å². The van der Waals surface area contributed by atoms with E-state index in [9.17, 15) is 30.3 Å². The number of rotatable bonds is 7. The maximum absolute atomic E-state index is 11.3. The Morgan fingerprint density at radius 2 is 1.74 bits per heavy atom. The highest BCUT2D eigenvalue weighted by Gasteiger charge is 2.44. The second kappa shape index (κ2) is 10.0. The fraction of sp³-hybridized carbons (Fsp3) is 0.350. The number of anilines is 2. The number of ether oxygens (including phenoxy) is 2. The lowest BCUT2D eigenvalue weighted by Crippen LogP contribution is -2.60. The molecule has 5 atom stereocenters. The van der Waals surface area contributed by atoms with Gasteiger partial charge in [-0.25, -0.2) is 0 Å². The average molecular weight is 474 g/mol. The van der Waals surface area contributed by atoms with Crippen LogP contribution in [0.5, 0.6) is 5.75 Å². The molecule has 168 valence electrons. The number of carbonyl (C=O) groups is 1. The number of benzene rings is 2. The molecule has 0 bridgehead atoms. The zero-order chi connectivity index (χ0) is 22.7. The fourth-order valence-electron chi connectivity index (χ4n) is 3.13. The molecule has 3 rings (SSSR count). The third kappa shape index (κ3) is 5.39. The molecule has 2 aromatic rings. The van der Waals surface area contributed by atoms with Crippen LogP contribution in [0.15, 0.2) is 36.4 Å². The van der Waals surface area contributed by atoms with Crippen LogP contribution in [0.2, 0.25) is 10.0 Å². The van der Waals surface area contributed by atoms with Crippen LogP contribution in [0, 0.1) is 0 Å². The van der Waals surface area contributed by atoms with Gasteiger partial charge in [0.2, 0.25) is 6.29 Å². The summed E-state index contributed by atoms with van der Waals surface area (Å²) in [6, 6.07) is 9.37. The normalized spacial score (nSPS) is 25.8. The zero-order valence-electron chi connectivity index (χ0n) is 16.0. The number of carboxylic acids is 1. The van der Waals surface area contributed by atoms with Crippen molar-refractivity contribution in [2.45, 2.75) is 37.1 Å². The van der Waals surface area contributed by atoms with Crippen molar-refractivity contribution in [1.29, 1.82) is 0 Å². The summed E-state index contributed by atoms with van der Waals surface area (Å²) in [5, 5.41) is 52.1. The molecular formula is C20H21Cl2NO8. The van der Waals surface area contributed by atoms with Crippen molar-refractivity contribution < 1.29 is 39.8 Å². The van der Waals surface area contributed by atoms with Crippen LogP contribution in [0.4, 0.5) is 11.4 Å². The van der Waals surface area contributed by atoms with Gasteiger partial charge < -0.3 is 40.3 Å². The van der Waals surface area contributed by atoms with E-state index < -0.39 is 43.3 Å². The Morgan fingerprint density at radius 3 is 2.35 bits per heavy atom. The summed E-state index contributed by atoms with van der Waals surface area (Å²) in [4.78, 5) is 11.3. The second-order valence-corrected chi connectivity index (χ2v) is 7.74. The third-order valence-corrected chi connectivity index (χ3v) is 5.37. The molecule has 1 saturated heterocycles. The summed E-state index contributed by atoms with van der Waals surface area (Å²) in [5.74, 6) is -0.963. The monoisotopic (exact) mass is 473 g/mol. The van der Waals surface area contributed by atoms with Crippen molar-refractivity contribution in [3.05, 3.63) is 52.0 Å². The predicted molar refractivity (Wildman–Crippen MR) is 112 cm³/mol. The third-order valence-electron chi connectivity index (χ3n) is 4.74. The fourth-order valence-corrected chi connectivity index (χ4v) is 3.62. The number of aliphatic hydroxyl groups is 4. The molecule has 1 unspecified atom stereocenters. The van der Waals surface area contributed by atoms with Crippen LogP contribution in [0.1, 0.15) is 5.56 Å². The highest BCUT2D eigenvalue weighted by Crippen LogP contribution is 2.35. The van der Waals surface area contributed by atoms with Crippen LogP contribution < -0.4 is 10.1 Å². The molecule has 1 aliphatic rings. The molecule has 11 heteroatoms. The number of aliphatic carboxylic acids is 1. The van der Waals surface area contributed by atoms with Gasteiger partial charge in [0.05, 0.1) is 28.8 Å². The maximum atomic E-state index is 11.3. The smallest absolute Gasteiger partial charge is 0.307 e. The Morgan fingerprint density at radius 1 is 1.06 bits per heavy atom. The summed E-state index contributed by atoms with van der Waals surface area (Å²) < 4.78 is 10.9. The first-order valence-electron chi connectivity index (χ1n) is 9.24. The molecule has 6 N–H and O–H groups in total. The zero-order valence-corrected chi connectivity index (χ0v) is 17.5. The second-order valence-electron chi connectivity index (χ2n) is 6.93. The molecular weight excluding hydrogens is 453 g/mol. The van der Waals surface area contributed by atoms with Crippen molar-refractivity contribution in [2.24, 2.45) is 0 Å². The van der Waals surface area contributed by atoms with Gasteiger partial charge in [-0.2, -0.15) is 0 Å². The predicted octanol–water partition coefficient (Wildman–Crippen LogP) is 1.54. The van der Waals surface area contributed by atoms with Gasteiger partial charge >= 0.3 is 5.97 Å². The van der Waals surface area contributed by atoms with E-state index in [0.717, 1.165) is 0 Å². The van der Waals surface area contributed by atoms with Crippen molar-refractivity contribution in [3.8, 4) is 5.75 Å². The van der Waals surface area contributed by atoms with Gasteiger partial charge in [-0.1, -0.05) is 29.3 Å². The van der Waals surface area contributed by atoms with E-state index in [1.54, 1.807) is 18.2 Å². The van der Waals surface area contributed by atoms with Crippen LogP contribution in [0.25, 0.3) is 0 Å². The number of aliphatic hydroxyl groups excluding tert-OH is 4. The lowest BCUT2D eigenvalue weighted by atomic mass is 9.99. The van der Waals surface area contributed by atoms with Gasteiger partial charge in [-0.3, -0.25) is 4.79 Å². The minimum Gasteiger partial charge on any atom is -0.481 e.